The maximum absolute atomic E-state index is 13.1. The largest absolute Gasteiger partial charge is 0.611 e. The van der Waals surface area contributed by atoms with Crippen molar-refractivity contribution < 1.29 is 26.7 Å². The third kappa shape index (κ3) is 6.45. The summed E-state index contributed by atoms with van der Waals surface area (Å²) in [6.07, 6.45) is 0. The van der Waals surface area contributed by atoms with E-state index in [0.29, 0.717) is 38.0 Å². The van der Waals surface area contributed by atoms with Gasteiger partial charge in [-0.1, -0.05) is 60.1 Å². The van der Waals surface area contributed by atoms with Gasteiger partial charge in [0.1, 0.15) is 22.7 Å². The lowest BCUT2D eigenvalue weighted by molar-refractivity contribution is -0.385. The second-order valence-corrected chi connectivity index (χ2v) is 12.2. The van der Waals surface area contributed by atoms with E-state index in [9.17, 15) is 23.1 Å². The zero-order valence-corrected chi connectivity index (χ0v) is 23.5. The summed E-state index contributed by atoms with van der Waals surface area (Å²) in [7, 11) is -3.73. The maximum atomic E-state index is 13.1. The molecule has 0 amide bonds. The molecule has 2 N–H and O–H groups in total. The summed E-state index contributed by atoms with van der Waals surface area (Å²) < 4.78 is 45.8. The normalized spacial score (nSPS) is 12.2. The Bertz CT molecular complexity index is 1920. The highest BCUT2D eigenvalue weighted by Gasteiger charge is 2.24. The molecular weight excluding hydrogens is 588 g/mol. The first-order chi connectivity index (χ1) is 19.6. The van der Waals surface area contributed by atoms with Crippen molar-refractivity contribution in [2.24, 2.45) is 5.14 Å². The molecule has 1 atom stereocenters. The smallest absolute Gasteiger partial charge is 0.277 e. The number of para-hydroxylation sites is 3. The number of hydrogen-bond acceptors (Lipinski definition) is 7. The molecule has 0 aliphatic carbocycles. The number of nitro benzene ring substituents is 1. The molecule has 208 valence electrons. The second-order valence-electron chi connectivity index (χ2n) is 8.81. The zero-order valence-electron chi connectivity index (χ0n) is 21.1. The second kappa shape index (κ2) is 11.8. The molecular formula is C29H21ClN2O7S2. The summed E-state index contributed by atoms with van der Waals surface area (Å²) in [6.45, 7) is 0. The number of fused-ring (bicyclic) bond motifs is 2. The van der Waals surface area contributed by atoms with Crippen LogP contribution in [0, 0.1) is 10.1 Å². The number of furan rings is 2. The molecule has 0 saturated carbocycles. The van der Waals surface area contributed by atoms with Crippen molar-refractivity contribution in [3.63, 3.8) is 0 Å². The maximum Gasteiger partial charge on any atom is 0.277 e. The molecule has 0 aliphatic rings. The SMILES string of the molecule is NS(=O)(=O)c1cc2ccccc2o1.O=[N+]([O-])c1ccccc1C[S+]([O-])c1ccc(Cl)cc1-c1cc2ccccc2o1. The third-order valence-corrected chi connectivity index (χ3v) is 8.45. The van der Waals surface area contributed by atoms with E-state index in [-0.39, 0.29) is 16.5 Å². The van der Waals surface area contributed by atoms with Gasteiger partial charge in [0.15, 0.2) is 4.90 Å². The van der Waals surface area contributed by atoms with Gasteiger partial charge >= 0.3 is 0 Å². The summed E-state index contributed by atoms with van der Waals surface area (Å²) in [5.41, 5.74) is 2.21. The first-order valence-electron chi connectivity index (χ1n) is 12.0. The van der Waals surface area contributed by atoms with Crippen molar-refractivity contribution in [1.29, 1.82) is 0 Å². The van der Waals surface area contributed by atoms with Crippen molar-refractivity contribution in [3.8, 4) is 11.3 Å². The Morgan fingerprint density at radius 3 is 2.07 bits per heavy atom. The van der Waals surface area contributed by atoms with Crippen molar-refractivity contribution >= 4 is 60.4 Å². The van der Waals surface area contributed by atoms with Crippen molar-refractivity contribution in [2.75, 3.05) is 0 Å². The first kappa shape index (κ1) is 28.4. The topological polar surface area (TPSA) is 153 Å². The fourth-order valence-corrected chi connectivity index (χ4v) is 6.11. The number of benzene rings is 4. The van der Waals surface area contributed by atoms with E-state index < -0.39 is 26.1 Å². The van der Waals surface area contributed by atoms with Crippen LogP contribution in [0.25, 0.3) is 33.3 Å². The molecule has 6 rings (SSSR count). The van der Waals surface area contributed by atoms with E-state index in [0.717, 1.165) is 10.8 Å². The highest BCUT2D eigenvalue weighted by Crippen LogP contribution is 2.36. The molecule has 2 heterocycles. The number of sulfonamides is 1. The lowest BCUT2D eigenvalue weighted by Crippen LogP contribution is -2.10. The van der Waals surface area contributed by atoms with E-state index in [1.807, 2.05) is 30.3 Å². The molecule has 0 saturated heterocycles. The predicted octanol–water partition coefficient (Wildman–Crippen LogP) is 7.05. The fraction of sp³-hybridized carbons (Fsp3) is 0.0345. The standard InChI is InChI=1S/C21H14ClNO4S.C8H7NO3S/c22-16-9-10-21(28(26)13-15-6-1-3-7-18(15)23(24)25)17(12-16)20-11-14-5-2-4-8-19(14)27-20;9-13(10,11)8-5-6-3-1-2-4-7(6)12-8/h1-12H,13H2;1-5H,(H2,9,10,11). The molecule has 0 radical (unpaired) electrons. The van der Waals surface area contributed by atoms with E-state index in [1.54, 1.807) is 60.7 Å². The lowest BCUT2D eigenvalue weighted by atomic mass is 10.1. The minimum absolute atomic E-state index is 0.0199. The van der Waals surface area contributed by atoms with Crippen LogP contribution in [0.5, 0.6) is 0 Å². The van der Waals surface area contributed by atoms with E-state index in [1.165, 1.54) is 12.1 Å². The Kier molecular flexibility index (Phi) is 8.15. The summed E-state index contributed by atoms with van der Waals surface area (Å²) in [4.78, 5) is 11.3. The van der Waals surface area contributed by atoms with E-state index >= 15 is 0 Å². The first-order valence-corrected chi connectivity index (χ1v) is 15.2. The molecule has 9 nitrogen and oxygen atoms in total. The lowest BCUT2D eigenvalue weighted by Gasteiger charge is -2.14. The van der Waals surface area contributed by atoms with Crippen LogP contribution in [0.2, 0.25) is 5.02 Å². The van der Waals surface area contributed by atoms with E-state index in [4.69, 9.17) is 25.6 Å². The average Bonchev–Trinajstić information content (AvgIpc) is 3.58. The highest BCUT2D eigenvalue weighted by atomic mass is 35.5. The number of rotatable bonds is 6. The number of nitro groups is 1. The van der Waals surface area contributed by atoms with Crippen LogP contribution in [-0.2, 0) is 27.0 Å². The molecule has 0 bridgehead atoms. The van der Waals surface area contributed by atoms with Gasteiger partial charge in [-0.15, -0.1) is 0 Å². The Morgan fingerprint density at radius 1 is 0.829 bits per heavy atom. The van der Waals surface area contributed by atoms with Gasteiger partial charge in [0.05, 0.1) is 16.1 Å². The number of halogens is 1. The highest BCUT2D eigenvalue weighted by molar-refractivity contribution is 7.90. The Morgan fingerprint density at radius 2 is 1.44 bits per heavy atom. The Balaban J connectivity index is 0.000000216. The van der Waals surface area contributed by atoms with Gasteiger partial charge in [0, 0.05) is 27.9 Å². The Hall–Kier alpha value is -4.13. The summed E-state index contributed by atoms with van der Waals surface area (Å²) in [5.74, 6) is 0.570. The molecule has 0 spiro atoms. The van der Waals surface area contributed by atoms with Gasteiger partial charge in [-0.2, -0.15) is 0 Å². The molecule has 41 heavy (non-hydrogen) atoms. The van der Waals surface area contributed by atoms with Crippen LogP contribution in [0.3, 0.4) is 0 Å². The Labute approximate surface area is 242 Å². The number of nitrogens with zero attached hydrogens (tertiary/aromatic N) is 1. The molecule has 12 heteroatoms. The zero-order chi connectivity index (χ0) is 29.1. The van der Waals surface area contributed by atoms with Gasteiger partial charge in [-0.05, 0) is 53.6 Å². The molecule has 6 aromatic rings. The van der Waals surface area contributed by atoms with Gasteiger partial charge in [-0.25, -0.2) is 13.6 Å². The van der Waals surface area contributed by atoms with Crippen LogP contribution in [0.15, 0.2) is 122 Å². The number of nitrogens with two attached hydrogens (primary N) is 1. The van der Waals surface area contributed by atoms with Crippen LogP contribution in [-0.4, -0.2) is 17.9 Å². The van der Waals surface area contributed by atoms with Crippen LogP contribution >= 0.6 is 11.6 Å². The summed E-state index contributed by atoms with van der Waals surface area (Å²) in [6, 6.07) is 29.2. The van der Waals surface area contributed by atoms with Gasteiger partial charge < -0.3 is 13.4 Å². The van der Waals surface area contributed by atoms with Crippen molar-refractivity contribution in [3.05, 3.63) is 124 Å². The van der Waals surface area contributed by atoms with Crippen LogP contribution in [0.1, 0.15) is 5.56 Å². The fourth-order valence-electron chi connectivity index (χ4n) is 4.14. The third-order valence-electron chi connectivity index (χ3n) is 6.04. The van der Waals surface area contributed by atoms with E-state index in [2.05, 4.69) is 0 Å². The summed E-state index contributed by atoms with van der Waals surface area (Å²) in [5, 5.41) is 18.1. The molecule has 4 aromatic carbocycles. The quantitative estimate of drug-likeness (QED) is 0.121. The molecule has 1 unspecified atom stereocenters. The predicted molar refractivity (Wildman–Crippen MR) is 157 cm³/mol. The van der Waals surface area contributed by atoms with Crippen molar-refractivity contribution in [2.45, 2.75) is 15.7 Å². The van der Waals surface area contributed by atoms with Crippen LogP contribution < -0.4 is 5.14 Å². The minimum atomic E-state index is -3.73. The minimum Gasteiger partial charge on any atom is -0.611 e. The average molecular weight is 609 g/mol. The van der Waals surface area contributed by atoms with Gasteiger partial charge in [0.25, 0.3) is 15.7 Å². The molecule has 0 fully saturated rings. The molecule has 2 aromatic heterocycles. The van der Waals surface area contributed by atoms with Crippen molar-refractivity contribution in [1.82, 2.24) is 0 Å². The van der Waals surface area contributed by atoms with Gasteiger partial charge in [-0.3, -0.25) is 10.1 Å². The number of hydrogen-bond donors (Lipinski definition) is 1. The number of primary sulfonamides is 1. The van der Waals surface area contributed by atoms with Gasteiger partial charge in [0.2, 0.25) is 5.09 Å². The monoisotopic (exact) mass is 608 g/mol. The summed E-state index contributed by atoms with van der Waals surface area (Å²) >= 11 is 4.64. The molecule has 0 aliphatic heterocycles. The van der Waals surface area contributed by atoms with Crippen LogP contribution in [0.4, 0.5) is 5.69 Å².